The highest BCUT2D eigenvalue weighted by Gasteiger charge is 2.25. The Labute approximate surface area is 125 Å². The van der Waals surface area contributed by atoms with Gasteiger partial charge in [-0.3, -0.25) is 4.79 Å². The minimum absolute atomic E-state index is 0.244. The fourth-order valence-corrected chi connectivity index (χ4v) is 3.53. The number of hydrogen-bond acceptors (Lipinski definition) is 1. The second-order valence-electron chi connectivity index (χ2n) is 6.21. The van der Waals surface area contributed by atoms with Crippen molar-refractivity contribution in [2.24, 2.45) is 5.92 Å². The van der Waals surface area contributed by atoms with Crippen molar-refractivity contribution in [3.63, 3.8) is 0 Å². The van der Waals surface area contributed by atoms with Gasteiger partial charge in [-0.15, -0.1) is 0 Å². The molecule has 0 unspecified atom stereocenters. The molecular weight excluding hydrogens is 258 g/mol. The maximum Gasteiger partial charge on any atom is 0.228 e. The van der Waals surface area contributed by atoms with Gasteiger partial charge in [0.2, 0.25) is 5.91 Å². The van der Waals surface area contributed by atoms with Crippen LogP contribution in [0, 0.1) is 5.92 Å². The number of anilines is 1. The molecule has 106 valence electrons. The normalized spacial score (nSPS) is 17.7. The fraction of sp³-hybridized carbons (Fsp3) is 0.316. The van der Waals surface area contributed by atoms with Crippen LogP contribution >= 0.6 is 0 Å². The summed E-state index contributed by atoms with van der Waals surface area (Å²) < 4.78 is 0. The molecule has 0 radical (unpaired) electrons. The largest absolute Gasteiger partial charge is 0.312 e. The molecular formula is C19H19NO. The number of hydrogen-bond donors (Lipinski definition) is 0. The fourth-order valence-electron chi connectivity index (χ4n) is 3.53. The van der Waals surface area contributed by atoms with Crippen molar-refractivity contribution in [1.82, 2.24) is 0 Å². The van der Waals surface area contributed by atoms with E-state index in [4.69, 9.17) is 0 Å². The van der Waals surface area contributed by atoms with Gasteiger partial charge in [0.05, 0.1) is 0 Å². The van der Waals surface area contributed by atoms with Gasteiger partial charge in [-0.25, -0.2) is 0 Å². The molecule has 2 heteroatoms. The lowest BCUT2D eigenvalue weighted by atomic mass is 9.96. The minimum atomic E-state index is 0.244. The van der Waals surface area contributed by atoms with Crippen LogP contribution in [0.1, 0.15) is 23.1 Å². The third-order valence-corrected chi connectivity index (χ3v) is 4.76. The van der Waals surface area contributed by atoms with Crippen LogP contribution in [0.5, 0.6) is 0 Å². The van der Waals surface area contributed by atoms with Gasteiger partial charge in [-0.1, -0.05) is 36.4 Å². The molecule has 2 aromatic rings. The van der Waals surface area contributed by atoms with Crippen molar-refractivity contribution in [3.8, 4) is 0 Å². The first kappa shape index (κ1) is 12.6. The van der Waals surface area contributed by atoms with E-state index in [1.54, 1.807) is 0 Å². The second-order valence-corrected chi connectivity index (χ2v) is 6.21. The summed E-state index contributed by atoms with van der Waals surface area (Å²) in [5.41, 5.74) is 5.46. The third-order valence-electron chi connectivity index (χ3n) is 4.76. The molecule has 2 aliphatic rings. The predicted octanol–water partition coefficient (Wildman–Crippen LogP) is 3.38. The highest BCUT2D eigenvalue weighted by molar-refractivity contribution is 5.99. The summed E-state index contributed by atoms with van der Waals surface area (Å²) in [5, 5.41) is 0. The number of fused-ring (bicyclic) bond motifs is 1. The lowest BCUT2D eigenvalue weighted by Gasteiger charge is -2.30. The van der Waals surface area contributed by atoms with Gasteiger partial charge in [-0.2, -0.15) is 0 Å². The van der Waals surface area contributed by atoms with Gasteiger partial charge < -0.3 is 4.90 Å². The van der Waals surface area contributed by atoms with E-state index in [-0.39, 0.29) is 5.91 Å². The summed E-state index contributed by atoms with van der Waals surface area (Å²) in [5.74, 6) is 0.966. The van der Waals surface area contributed by atoms with E-state index in [1.165, 1.54) is 29.5 Å². The number of carbonyl (C=O) groups excluding carboxylic acids is 1. The SMILES string of the molecule is O=C1CCN1c1ccc(CC2Cc3ccccc3C2)cc1. The van der Waals surface area contributed by atoms with Crippen LogP contribution < -0.4 is 4.90 Å². The molecule has 2 nitrogen and oxygen atoms in total. The lowest BCUT2D eigenvalue weighted by Crippen LogP contribution is -2.43. The third kappa shape index (κ3) is 2.35. The van der Waals surface area contributed by atoms with Crippen molar-refractivity contribution in [2.45, 2.75) is 25.7 Å². The Morgan fingerprint density at radius 1 is 0.952 bits per heavy atom. The second kappa shape index (κ2) is 5.03. The lowest BCUT2D eigenvalue weighted by molar-refractivity contribution is -0.122. The summed E-state index contributed by atoms with van der Waals surface area (Å²) in [4.78, 5) is 13.3. The van der Waals surface area contributed by atoms with Crippen LogP contribution in [0.25, 0.3) is 0 Å². The van der Waals surface area contributed by atoms with Gasteiger partial charge in [0.25, 0.3) is 0 Å². The summed E-state index contributed by atoms with van der Waals surface area (Å²) in [6, 6.07) is 17.3. The number of nitrogens with zero attached hydrogens (tertiary/aromatic N) is 1. The zero-order valence-electron chi connectivity index (χ0n) is 12.1. The summed E-state index contributed by atoms with van der Waals surface area (Å²) in [7, 11) is 0. The van der Waals surface area contributed by atoms with Gasteiger partial charge in [0.15, 0.2) is 0 Å². The first-order valence-corrected chi connectivity index (χ1v) is 7.76. The Bertz CT molecular complexity index is 649. The molecule has 0 saturated carbocycles. The number of amides is 1. The zero-order valence-corrected chi connectivity index (χ0v) is 12.1. The molecule has 1 aliphatic carbocycles. The molecule has 1 amide bonds. The number of carbonyl (C=O) groups is 1. The smallest absolute Gasteiger partial charge is 0.228 e. The average Bonchev–Trinajstić information content (AvgIpc) is 2.90. The van der Waals surface area contributed by atoms with Gasteiger partial charge >= 0.3 is 0 Å². The van der Waals surface area contributed by atoms with Crippen LogP contribution in [0.15, 0.2) is 48.5 Å². The monoisotopic (exact) mass is 277 g/mol. The molecule has 0 atom stereocenters. The molecule has 0 N–H and O–H groups in total. The van der Waals surface area contributed by atoms with Crippen LogP contribution in [-0.2, 0) is 24.1 Å². The Hall–Kier alpha value is -2.09. The van der Waals surface area contributed by atoms with Crippen LogP contribution in [0.4, 0.5) is 5.69 Å². The Morgan fingerprint density at radius 2 is 1.62 bits per heavy atom. The molecule has 1 heterocycles. The van der Waals surface area contributed by atoms with Crippen LogP contribution in [0.2, 0.25) is 0 Å². The Balaban J connectivity index is 1.43. The topological polar surface area (TPSA) is 20.3 Å². The summed E-state index contributed by atoms with van der Waals surface area (Å²) in [6.45, 7) is 0.871. The molecule has 2 aromatic carbocycles. The quantitative estimate of drug-likeness (QED) is 0.788. The summed E-state index contributed by atoms with van der Waals surface area (Å²) in [6.07, 6.45) is 4.22. The van der Waals surface area contributed by atoms with Crippen molar-refractivity contribution in [1.29, 1.82) is 0 Å². The first-order chi connectivity index (χ1) is 10.3. The van der Waals surface area contributed by atoms with Gasteiger partial charge in [-0.05, 0) is 54.0 Å². The molecule has 0 bridgehead atoms. The minimum Gasteiger partial charge on any atom is -0.312 e. The van der Waals surface area contributed by atoms with E-state index in [1.807, 2.05) is 4.90 Å². The van der Waals surface area contributed by atoms with E-state index < -0.39 is 0 Å². The van der Waals surface area contributed by atoms with Crippen LogP contribution in [0.3, 0.4) is 0 Å². The Morgan fingerprint density at radius 3 is 2.14 bits per heavy atom. The maximum absolute atomic E-state index is 11.4. The standard InChI is InChI=1S/C19H19NO/c21-19-9-10-20(19)18-7-5-14(6-8-18)11-15-12-16-3-1-2-4-17(16)13-15/h1-8,15H,9-13H2. The molecule has 1 saturated heterocycles. The number of rotatable bonds is 3. The van der Waals surface area contributed by atoms with E-state index in [9.17, 15) is 4.79 Å². The van der Waals surface area contributed by atoms with E-state index in [2.05, 4.69) is 48.5 Å². The molecule has 0 spiro atoms. The zero-order chi connectivity index (χ0) is 14.2. The van der Waals surface area contributed by atoms with Gasteiger partial charge in [0.1, 0.15) is 0 Å². The van der Waals surface area contributed by atoms with Crippen molar-refractivity contribution in [3.05, 3.63) is 65.2 Å². The predicted molar refractivity (Wildman–Crippen MR) is 84.5 cm³/mol. The average molecular weight is 277 g/mol. The molecule has 4 rings (SSSR count). The first-order valence-electron chi connectivity index (χ1n) is 7.76. The van der Waals surface area contributed by atoms with E-state index >= 15 is 0 Å². The van der Waals surface area contributed by atoms with E-state index in [0.717, 1.165) is 24.6 Å². The molecule has 21 heavy (non-hydrogen) atoms. The highest BCUT2D eigenvalue weighted by atomic mass is 16.2. The summed E-state index contributed by atoms with van der Waals surface area (Å²) >= 11 is 0. The Kier molecular flexibility index (Phi) is 3.03. The molecule has 1 fully saturated rings. The molecule has 0 aromatic heterocycles. The highest BCUT2D eigenvalue weighted by Crippen LogP contribution is 2.29. The van der Waals surface area contributed by atoms with Crippen molar-refractivity contribution >= 4 is 11.6 Å². The van der Waals surface area contributed by atoms with Crippen LogP contribution in [-0.4, -0.2) is 12.5 Å². The van der Waals surface area contributed by atoms with Crippen molar-refractivity contribution in [2.75, 3.05) is 11.4 Å². The number of β-lactam (4-membered cyclic amide) rings is 1. The molecule has 1 aliphatic heterocycles. The van der Waals surface area contributed by atoms with Gasteiger partial charge in [0, 0.05) is 18.7 Å². The van der Waals surface area contributed by atoms with Crippen molar-refractivity contribution < 1.29 is 4.79 Å². The van der Waals surface area contributed by atoms with E-state index in [0.29, 0.717) is 6.42 Å². The maximum atomic E-state index is 11.4. The number of benzene rings is 2.